The van der Waals surface area contributed by atoms with Crippen LogP contribution in [0.4, 0.5) is 4.39 Å². The molecule has 3 nitrogen and oxygen atoms in total. The molecular weight excluding hydrogens is 255 g/mol. The minimum atomic E-state index is -0.501. The standard InChI is InChI=1S/C16H9FN2O/c17-11-6-7-14-12(8-11)16(20)13(9-18)15(19-14)10-4-2-1-3-5-10/h1-8H,(H,19,20). The molecule has 0 saturated heterocycles. The van der Waals surface area contributed by atoms with Crippen molar-refractivity contribution in [2.24, 2.45) is 0 Å². The second-order valence-electron chi connectivity index (χ2n) is 4.37. The van der Waals surface area contributed by atoms with Crippen molar-refractivity contribution < 1.29 is 4.39 Å². The Morgan fingerprint density at radius 1 is 1.10 bits per heavy atom. The molecule has 3 aromatic rings. The minimum Gasteiger partial charge on any atom is -0.353 e. The molecule has 96 valence electrons. The first-order valence-electron chi connectivity index (χ1n) is 6.02. The monoisotopic (exact) mass is 264 g/mol. The van der Waals surface area contributed by atoms with Gasteiger partial charge in [-0.3, -0.25) is 4.79 Å². The van der Waals surface area contributed by atoms with Gasteiger partial charge in [0.05, 0.1) is 11.2 Å². The fraction of sp³-hybridized carbons (Fsp3) is 0. The molecule has 3 rings (SSSR count). The molecule has 0 amide bonds. The van der Waals surface area contributed by atoms with Gasteiger partial charge in [-0.15, -0.1) is 0 Å². The van der Waals surface area contributed by atoms with Crippen molar-refractivity contribution in [2.45, 2.75) is 0 Å². The van der Waals surface area contributed by atoms with E-state index >= 15 is 0 Å². The lowest BCUT2D eigenvalue weighted by Crippen LogP contribution is -2.10. The summed E-state index contributed by atoms with van der Waals surface area (Å²) in [5, 5.41) is 9.41. The number of hydrogen-bond acceptors (Lipinski definition) is 2. The topological polar surface area (TPSA) is 56.6 Å². The second-order valence-corrected chi connectivity index (χ2v) is 4.37. The SMILES string of the molecule is N#Cc1c(-c2ccccc2)[nH]c2ccc(F)cc2c1=O. The Labute approximate surface area is 113 Å². The molecule has 0 saturated carbocycles. The van der Waals surface area contributed by atoms with Crippen molar-refractivity contribution >= 4 is 10.9 Å². The van der Waals surface area contributed by atoms with Crippen LogP contribution in [0, 0.1) is 17.1 Å². The zero-order chi connectivity index (χ0) is 14.1. The molecule has 1 heterocycles. The Morgan fingerprint density at radius 3 is 2.55 bits per heavy atom. The number of aromatic amines is 1. The van der Waals surface area contributed by atoms with Gasteiger partial charge in [0.1, 0.15) is 17.4 Å². The Bertz CT molecular complexity index is 892. The first-order chi connectivity index (χ1) is 9.70. The summed E-state index contributed by atoms with van der Waals surface area (Å²) < 4.78 is 13.2. The molecule has 4 heteroatoms. The summed E-state index contributed by atoms with van der Waals surface area (Å²) in [6.45, 7) is 0. The van der Waals surface area contributed by atoms with Crippen LogP contribution in [0.3, 0.4) is 0 Å². The van der Waals surface area contributed by atoms with Gasteiger partial charge in [-0.1, -0.05) is 30.3 Å². The van der Waals surface area contributed by atoms with Crippen molar-refractivity contribution in [3.63, 3.8) is 0 Å². The quantitative estimate of drug-likeness (QED) is 0.733. The Balaban J connectivity index is 2.43. The predicted molar refractivity (Wildman–Crippen MR) is 74.7 cm³/mol. The lowest BCUT2D eigenvalue weighted by molar-refractivity contribution is 0.629. The highest BCUT2D eigenvalue weighted by atomic mass is 19.1. The predicted octanol–water partition coefficient (Wildman–Crippen LogP) is 3.21. The molecule has 20 heavy (non-hydrogen) atoms. The van der Waals surface area contributed by atoms with Crippen LogP contribution in [0.1, 0.15) is 5.56 Å². The maximum absolute atomic E-state index is 13.2. The van der Waals surface area contributed by atoms with Gasteiger partial charge < -0.3 is 4.98 Å². The van der Waals surface area contributed by atoms with Gasteiger partial charge in [0.25, 0.3) is 0 Å². The third kappa shape index (κ3) is 1.86. The van der Waals surface area contributed by atoms with Crippen LogP contribution in [0.2, 0.25) is 0 Å². The lowest BCUT2D eigenvalue weighted by atomic mass is 10.0. The number of H-pyrrole nitrogens is 1. The second kappa shape index (κ2) is 4.63. The molecule has 0 spiro atoms. The van der Waals surface area contributed by atoms with Crippen LogP contribution in [0.25, 0.3) is 22.2 Å². The number of aromatic nitrogens is 1. The van der Waals surface area contributed by atoms with Crippen LogP contribution < -0.4 is 5.43 Å². The van der Waals surface area contributed by atoms with Crippen molar-refractivity contribution in [3.8, 4) is 17.3 Å². The first kappa shape index (κ1) is 12.1. The molecule has 0 fully saturated rings. The summed E-state index contributed by atoms with van der Waals surface area (Å²) >= 11 is 0. The van der Waals surface area contributed by atoms with E-state index in [1.54, 1.807) is 0 Å². The van der Waals surface area contributed by atoms with Crippen LogP contribution in [0.5, 0.6) is 0 Å². The summed E-state index contributed by atoms with van der Waals surface area (Å²) in [4.78, 5) is 15.3. The molecule has 0 unspecified atom stereocenters. The van der Waals surface area contributed by atoms with Gasteiger partial charge >= 0.3 is 0 Å². The average Bonchev–Trinajstić information content (AvgIpc) is 2.48. The smallest absolute Gasteiger partial charge is 0.207 e. The van der Waals surface area contributed by atoms with E-state index in [1.807, 2.05) is 36.4 Å². The van der Waals surface area contributed by atoms with Crippen molar-refractivity contribution in [2.75, 3.05) is 0 Å². The van der Waals surface area contributed by atoms with E-state index in [2.05, 4.69) is 4.98 Å². The maximum Gasteiger partial charge on any atom is 0.207 e. The van der Waals surface area contributed by atoms with Gasteiger partial charge in [0.2, 0.25) is 5.43 Å². The highest BCUT2D eigenvalue weighted by molar-refractivity contribution is 5.84. The Kier molecular flexibility index (Phi) is 2.81. The summed E-state index contributed by atoms with van der Waals surface area (Å²) in [6.07, 6.45) is 0. The molecule has 0 radical (unpaired) electrons. The van der Waals surface area contributed by atoms with Crippen LogP contribution >= 0.6 is 0 Å². The molecule has 0 bridgehead atoms. The molecular formula is C16H9FN2O. The lowest BCUT2D eigenvalue weighted by Gasteiger charge is -2.07. The Morgan fingerprint density at radius 2 is 1.85 bits per heavy atom. The largest absolute Gasteiger partial charge is 0.353 e. The van der Waals surface area contributed by atoms with Crippen LogP contribution in [0.15, 0.2) is 53.3 Å². The molecule has 0 atom stereocenters. The molecule has 0 aliphatic carbocycles. The van der Waals surface area contributed by atoms with Gasteiger partial charge in [0.15, 0.2) is 0 Å². The minimum absolute atomic E-state index is 0.00528. The molecule has 1 N–H and O–H groups in total. The van der Waals surface area contributed by atoms with Gasteiger partial charge in [-0.2, -0.15) is 5.26 Å². The van der Waals surface area contributed by atoms with E-state index in [4.69, 9.17) is 0 Å². The van der Waals surface area contributed by atoms with E-state index in [9.17, 15) is 14.4 Å². The number of rotatable bonds is 1. The average molecular weight is 264 g/mol. The number of nitrogens with one attached hydrogen (secondary N) is 1. The third-order valence-corrected chi connectivity index (χ3v) is 3.14. The summed E-state index contributed by atoms with van der Waals surface area (Å²) in [7, 11) is 0. The van der Waals surface area contributed by atoms with Gasteiger partial charge in [0, 0.05) is 5.39 Å². The van der Waals surface area contributed by atoms with Crippen molar-refractivity contribution in [1.82, 2.24) is 4.98 Å². The van der Waals surface area contributed by atoms with Gasteiger partial charge in [-0.25, -0.2) is 4.39 Å². The number of hydrogen-bond donors (Lipinski definition) is 1. The molecule has 1 aromatic heterocycles. The zero-order valence-electron chi connectivity index (χ0n) is 10.4. The van der Waals surface area contributed by atoms with E-state index in [0.717, 1.165) is 11.6 Å². The summed E-state index contributed by atoms with van der Waals surface area (Å²) in [6, 6.07) is 14.9. The normalized spacial score (nSPS) is 10.4. The highest BCUT2D eigenvalue weighted by Crippen LogP contribution is 2.22. The zero-order valence-corrected chi connectivity index (χ0v) is 10.4. The number of halogens is 1. The summed E-state index contributed by atoms with van der Waals surface area (Å²) in [5.41, 5.74) is 1.24. The van der Waals surface area contributed by atoms with E-state index in [1.165, 1.54) is 12.1 Å². The molecule has 0 aliphatic rings. The molecule has 0 aliphatic heterocycles. The first-order valence-corrected chi connectivity index (χ1v) is 6.02. The number of nitriles is 1. The third-order valence-electron chi connectivity index (χ3n) is 3.14. The van der Waals surface area contributed by atoms with Gasteiger partial charge in [-0.05, 0) is 23.8 Å². The van der Waals surface area contributed by atoms with Crippen molar-refractivity contribution in [3.05, 3.63) is 70.1 Å². The molecule has 2 aromatic carbocycles. The van der Waals surface area contributed by atoms with Crippen molar-refractivity contribution in [1.29, 1.82) is 5.26 Å². The number of fused-ring (bicyclic) bond motifs is 1. The summed E-state index contributed by atoms with van der Waals surface area (Å²) in [5.74, 6) is -0.501. The van der Waals surface area contributed by atoms with E-state index in [0.29, 0.717) is 11.2 Å². The van der Waals surface area contributed by atoms with Crippen LogP contribution in [-0.4, -0.2) is 4.98 Å². The fourth-order valence-corrected chi connectivity index (χ4v) is 2.19. The fourth-order valence-electron chi connectivity index (χ4n) is 2.19. The number of nitrogens with zero attached hydrogens (tertiary/aromatic N) is 1. The maximum atomic E-state index is 13.2. The Hall–Kier alpha value is -2.93. The number of benzene rings is 2. The van der Waals surface area contributed by atoms with Crippen LogP contribution in [-0.2, 0) is 0 Å². The number of pyridine rings is 1. The highest BCUT2D eigenvalue weighted by Gasteiger charge is 2.13. The van der Waals surface area contributed by atoms with E-state index in [-0.39, 0.29) is 10.9 Å². The van der Waals surface area contributed by atoms with E-state index < -0.39 is 11.2 Å².